The van der Waals surface area contributed by atoms with Gasteiger partial charge in [-0.05, 0) is 39.3 Å². The van der Waals surface area contributed by atoms with Crippen molar-refractivity contribution in [3.8, 4) is 0 Å². The fourth-order valence-corrected chi connectivity index (χ4v) is 6.34. The summed E-state index contributed by atoms with van der Waals surface area (Å²) in [7, 11) is -1.42. The SMILES string of the molecule is CC(C)n1c(S[C@@H](C)C(=O)N(C)[C@H]2CCS(=O)(=O)C2)nc2ccccc2c1=O. The molecule has 3 rings (SSSR count). The molecule has 9 heteroatoms. The molecule has 0 spiro atoms. The van der Waals surface area contributed by atoms with Gasteiger partial charge < -0.3 is 4.90 Å². The Kier molecular flexibility index (Phi) is 5.86. The molecule has 1 saturated heterocycles. The van der Waals surface area contributed by atoms with Crippen LogP contribution < -0.4 is 5.56 Å². The number of hydrogen-bond donors (Lipinski definition) is 0. The molecule has 2 aromatic rings. The number of para-hydroxylation sites is 1. The lowest BCUT2D eigenvalue weighted by atomic mass is 10.2. The van der Waals surface area contributed by atoms with Crippen molar-refractivity contribution in [1.29, 1.82) is 0 Å². The summed E-state index contributed by atoms with van der Waals surface area (Å²) in [5.41, 5.74) is 0.472. The first-order valence-electron chi connectivity index (χ1n) is 9.25. The highest BCUT2D eigenvalue weighted by atomic mass is 32.2. The number of benzene rings is 1. The maximum absolute atomic E-state index is 12.9. The first-order valence-corrected chi connectivity index (χ1v) is 12.0. The van der Waals surface area contributed by atoms with Gasteiger partial charge in [0.2, 0.25) is 5.91 Å². The number of aromatic nitrogens is 2. The van der Waals surface area contributed by atoms with E-state index in [4.69, 9.17) is 0 Å². The molecule has 1 amide bonds. The van der Waals surface area contributed by atoms with Crippen LogP contribution in [0.3, 0.4) is 0 Å². The van der Waals surface area contributed by atoms with Crippen LogP contribution in [0, 0.1) is 0 Å². The molecule has 1 aliphatic rings. The molecular formula is C19H25N3O4S2. The number of hydrogen-bond acceptors (Lipinski definition) is 6. The molecule has 0 aliphatic carbocycles. The number of amides is 1. The molecule has 0 unspecified atom stereocenters. The molecule has 28 heavy (non-hydrogen) atoms. The van der Waals surface area contributed by atoms with Gasteiger partial charge in [0.05, 0.1) is 27.7 Å². The molecular weight excluding hydrogens is 398 g/mol. The van der Waals surface area contributed by atoms with Gasteiger partial charge in [-0.2, -0.15) is 0 Å². The fraction of sp³-hybridized carbons (Fsp3) is 0.526. The van der Waals surface area contributed by atoms with Crippen molar-refractivity contribution < 1.29 is 13.2 Å². The summed E-state index contributed by atoms with van der Waals surface area (Å²) in [6, 6.07) is 6.77. The van der Waals surface area contributed by atoms with Crippen molar-refractivity contribution in [3.63, 3.8) is 0 Å². The van der Waals surface area contributed by atoms with E-state index >= 15 is 0 Å². The van der Waals surface area contributed by atoms with E-state index < -0.39 is 15.1 Å². The summed E-state index contributed by atoms with van der Waals surface area (Å²) in [5, 5.41) is 0.547. The number of carbonyl (C=O) groups excluding carboxylic acids is 1. The summed E-state index contributed by atoms with van der Waals surface area (Å²) in [5.74, 6) is -0.0298. The third-order valence-corrected chi connectivity index (χ3v) is 7.83. The van der Waals surface area contributed by atoms with E-state index in [1.165, 1.54) is 16.7 Å². The van der Waals surface area contributed by atoms with Crippen molar-refractivity contribution in [2.75, 3.05) is 18.6 Å². The number of carbonyl (C=O) groups is 1. The van der Waals surface area contributed by atoms with Crippen LogP contribution in [0.1, 0.15) is 33.2 Å². The fourth-order valence-electron chi connectivity index (χ4n) is 3.42. The number of sulfone groups is 1. The van der Waals surface area contributed by atoms with Crippen LogP contribution in [-0.4, -0.2) is 58.6 Å². The molecule has 7 nitrogen and oxygen atoms in total. The van der Waals surface area contributed by atoms with Crippen LogP contribution in [0.15, 0.2) is 34.2 Å². The van der Waals surface area contributed by atoms with Crippen molar-refractivity contribution in [2.45, 2.75) is 49.7 Å². The molecule has 0 bridgehead atoms. The van der Waals surface area contributed by atoms with Crippen molar-refractivity contribution >= 4 is 38.4 Å². The molecule has 0 N–H and O–H groups in total. The van der Waals surface area contributed by atoms with Gasteiger partial charge in [0, 0.05) is 19.1 Å². The van der Waals surface area contributed by atoms with Crippen molar-refractivity contribution in [1.82, 2.24) is 14.5 Å². The Morgan fingerprint density at radius 2 is 1.96 bits per heavy atom. The van der Waals surface area contributed by atoms with E-state index in [9.17, 15) is 18.0 Å². The second kappa shape index (κ2) is 7.87. The Morgan fingerprint density at radius 3 is 2.57 bits per heavy atom. The second-order valence-corrected chi connectivity index (χ2v) is 11.0. The van der Waals surface area contributed by atoms with Gasteiger partial charge >= 0.3 is 0 Å². The summed E-state index contributed by atoms with van der Waals surface area (Å²) in [6.45, 7) is 5.58. The lowest BCUT2D eigenvalue weighted by Gasteiger charge is -2.26. The second-order valence-electron chi connectivity index (χ2n) is 7.45. The van der Waals surface area contributed by atoms with Gasteiger partial charge in [-0.1, -0.05) is 23.9 Å². The quantitative estimate of drug-likeness (QED) is 0.540. The molecule has 1 aliphatic heterocycles. The van der Waals surface area contributed by atoms with Crippen molar-refractivity contribution in [3.05, 3.63) is 34.6 Å². The predicted molar refractivity (Wildman–Crippen MR) is 112 cm³/mol. The topological polar surface area (TPSA) is 89.3 Å². The van der Waals surface area contributed by atoms with E-state index in [0.29, 0.717) is 22.5 Å². The molecule has 1 aromatic carbocycles. The van der Waals surface area contributed by atoms with Crippen LogP contribution in [0.5, 0.6) is 0 Å². The maximum atomic E-state index is 12.9. The van der Waals surface area contributed by atoms with Crippen LogP contribution in [-0.2, 0) is 14.6 Å². The van der Waals surface area contributed by atoms with Crippen LogP contribution in [0.25, 0.3) is 10.9 Å². The molecule has 152 valence electrons. The zero-order valence-electron chi connectivity index (χ0n) is 16.5. The number of fused-ring (bicyclic) bond motifs is 1. The number of rotatable bonds is 5. The number of thioether (sulfide) groups is 1. The van der Waals surface area contributed by atoms with Gasteiger partial charge in [-0.3, -0.25) is 14.2 Å². The monoisotopic (exact) mass is 423 g/mol. The predicted octanol–water partition coefficient (Wildman–Crippen LogP) is 2.10. The van der Waals surface area contributed by atoms with E-state index in [-0.39, 0.29) is 35.1 Å². The third-order valence-electron chi connectivity index (χ3n) is 5.03. The molecule has 0 radical (unpaired) electrons. The van der Waals surface area contributed by atoms with Gasteiger partial charge in [0.15, 0.2) is 15.0 Å². The lowest BCUT2D eigenvalue weighted by molar-refractivity contribution is -0.130. The highest BCUT2D eigenvalue weighted by molar-refractivity contribution is 8.00. The zero-order chi connectivity index (χ0) is 20.6. The Morgan fingerprint density at radius 1 is 1.29 bits per heavy atom. The minimum Gasteiger partial charge on any atom is -0.341 e. The standard InChI is InChI=1S/C19H25N3O4S2/c1-12(2)22-18(24)15-7-5-6-8-16(15)20-19(22)27-13(3)17(23)21(4)14-9-10-28(25,26)11-14/h5-8,12-14H,9-11H2,1-4H3/t13-,14-/m0/s1. The third kappa shape index (κ3) is 4.10. The Bertz CT molecular complexity index is 1060. The minimum absolute atomic E-state index is 0.0115. The molecule has 1 fully saturated rings. The minimum atomic E-state index is -3.06. The normalized spacial score (nSPS) is 19.8. The van der Waals surface area contributed by atoms with E-state index in [1.54, 1.807) is 36.7 Å². The first kappa shape index (κ1) is 20.9. The average Bonchev–Trinajstić information content (AvgIpc) is 3.00. The lowest BCUT2D eigenvalue weighted by Crippen LogP contribution is -2.42. The maximum Gasteiger partial charge on any atom is 0.262 e. The molecule has 2 heterocycles. The Balaban J connectivity index is 1.88. The van der Waals surface area contributed by atoms with Crippen LogP contribution in [0.4, 0.5) is 0 Å². The van der Waals surface area contributed by atoms with E-state index in [1.807, 2.05) is 19.9 Å². The summed E-state index contributed by atoms with van der Waals surface area (Å²) < 4.78 is 25.0. The Hall–Kier alpha value is -1.87. The highest BCUT2D eigenvalue weighted by Gasteiger charge is 2.34. The van der Waals surface area contributed by atoms with Gasteiger partial charge in [-0.25, -0.2) is 13.4 Å². The first-order chi connectivity index (χ1) is 13.1. The Labute approximate surface area is 169 Å². The average molecular weight is 424 g/mol. The number of nitrogens with zero attached hydrogens (tertiary/aromatic N) is 3. The molecule has 0 saturated carbocycles. The van der Waals surface area contributed by atoms with Crippen LogP contribution >= 0.6 is 11.8 Å². The summed E-state index contributed by atoms with van der Waals surface area (Å²) in [4.78, 5) is 31.9. The smallest absolute Gasteiger partial charge is 0.262 e. The van der Waals surface area contributed by atoms with Crippen LogP contribution in [0.2, 0.25) is 0 Å². The molecule has 2 atom stereocenters. The van der Waals surface area contributed by atoms with Gasteiger partial charge in [0.25, 0.3) is 5.56 Å². The molecule has 1 aromatic heterocycles. The van der Waals surface area contributed by atoms with E-state index in [0.717, 1.165) is 0 Å². The zero-order valence-corrected chi connectivity index (χ0v) is 18.1. The highest BCUT2D eigenvalue weighted by Crippen LogP contribution is 2.27. The van der Waals surface area contributed by atoms with E-state index in [2.05, 4.69) is 4.98 Å². The van der Waals surface area contributed by atoms with Gasteiger partial charge in [-0.15, -0.1) is 0 Å². The van der Waals surface area contributed by atoms with Crippen molar-refractivity contribution in [2.24, 2.45) is 0 Å². The van der Waals surface area contributed by atoms with Gasteiger partial charge in [0.1, 0.15) is 0 Å². The largest absolute Gasteiger partial charge is 0.341 e. The summed E-state index contributed by atoms with van der Waals surface area (Å²) in [6.07, 6.45) is 0.465. The summed E-state index contributed by atoms with van der Waals surface area (Å²) >= 11 is 1.23.